The Morgan fingerprint density at radius 1 is 1.29 bits per heavy atom. The Labute approximate surface area is 147 Å². The highest BCUT2D eigenvalue weighted by Crippen LogP contribution is 2.23. The number of hydrogen-bond donors (Lipinski definition) is 1. The average Bonchev–Trinajstić information content (AvgIpc) is 2.55. The fourth-order valence-corrected chi connectivity index (χ4v) is 3.81. The molecule has 1 aliphatic heterocycles. The molecular formula is C14H22ClN3O5S. The minimum Gasteiger partial charge on any atom is -0.477 e. The molecule has 1 fully saturated rings. The Morgan fingerprint density at radius 2 is 1.92 bits per heavy atom. The van der Waals surface area contributed by atoms with E-state index in [0.29, 0.717) is 26.2 Å². The number of sulfonamides is 1. The number of nitrogens with zero attached hydrogens (tertiary/aromatic N) is 3. The van der Waals surface area contributed by atoms with Crippen molar-refractivity contribution >= 4 is 28.4 Å². The molecule has 0 aromatic carbocycles. The molecule has 2 heterocycles. The van der Waals surface area contributed by atoms with E-state index in [1.54, 1.807) is 6.92 Å². The highest BCUT2D eigenvalue weighted by molar-refractivity contribution is 7.89. The van der Waals surface area contributed by atoms with Crippen LogP contribution in [0.2, 0.25) is 0 Å². The third kappa shape index (κ3) is 4.35. The predicted octanol–water partition coefficient (Wildman–Crippen LogP) is 0.926. The Morgan fingerprint density at radius 3 is 2.42 bits per heavy atom. The topological polar surface area (TPSA) is 100 Å². The molecule has 136 valence electrons. The summed E-state index contributed by atoms with van der Waals surface area (Å²) in [5.74, 6) is -1.34. The van der Waals surface area contributed by atoms with Crippen LogP contribution in [-0.4, -0.2) is 73.0 Å². The zero-order valence-corrected chi connectivity index (χ0v) is 15.3. The molecule has 0 saturated carbocycles. The second-order valence-electron chi connectivity index (χ2n) is 5.10. The van der Waals surface area contributed by atoms with Crippen LogP contribution in [0.4, 0.5) is 0 Å². The van der Waals surface area contributed by atoms with Gasteiger partial charge in [-0.15, -0.1) is 12.4 Å². The van der Waals surface area contributed by atoms with Crippen LogP contribution in [0.1, 0.15) is 24.2 Å². The highest BCUT2D eigenvalue weighted by Gasteiger charge is 2.29. The summed E-state index contributed by atoms with van der Waals surface area (Å²) < 4.78 is 31.8. The summed E-state index contributed by atoms with van der Waals surface area (Å²) in [6.45, 7) is 6.93. The van der Waals surface area contributed by atoms with Gasteiger partial charge in [-0.2, -0.15) is 4.31 Å². The zero-order chi connectivity index (χ0) is 17.0. The number of piperazine rings is 1. The first-order valence-corrected chi connectivity index (χ1v) is 8.92. The predicted molar refractivity (Wildman–Crippen MR) is 90.5 cm³/mol. The molecule has 0 unspecified atom stereocenters. The summed E-state index contributed by atoms with van der Waals surface area (Å²) in [5, 5.41) is 9.22. The van der Waals surface area contributed by atoms with Gasteiger partial charge < -0.3 is 14.7 Å². The Bertz CT molecular complexity index is 675. The molecule has 0 radical (unpaired) electrons. The molecule has 1 saturated heterocycles. The van der Waals surface area contributed by atoms with Crippen LogP contribution in [-0.2, 0) is 10.0 Å². The van der Waals surface area contributed by atoms with Crippen LogP contribution < -0.4 is 4.74 Å². The maximum atomic E-state index is 12.7. The van der Waals surface area contributed by atoms with E-state index in [9.17, 15) is 18.3 Å². The minimum atomic E-state index is -3.76. The quantitative estimate of drug-likeness (QED) is 0.784. The smallest absolute Gasteiger partial charge is 0.341 e. The molecule has 0 atom stereocenters. The van der Waals surface area contributed by atoms with Gasteiger partial charge in [-0.25, -0.2) is 18.2 Å². The molecule has 2 rings (SSSR count). The van der Waals surface area contributed by atoms with E-state index in [1.807, 2.05) is 6.92 Å². The molecule has 24 heavy (non-hydrogen) atoms. The van der Waals surface area contributed by atoms with Gasteiger partial charge in [0.1, 0.15) is 10.5 Å². The molecule has 1 aromatic heterocycles. The number of hydrogen-bond acceptors (Lipinski definition) is 6. The number of carboxylic acid groups (broad SMARTS) is 1. The number of aromatic carboxylic acids is 1. The molecule has 8 nitrogen and oxygen atoms in total. The zero-order valence-electron chi connectivity index (χ0n) is 13.6. The summed E-state index contributed by atoms with van der Waals surface area (Å²) in [4.78, 5) is 17.2. The van der Waals surface area contributed by atoms with Crippen molar-refractivity contribution in [1.29, 1.82) is 0 Å². The first-order valence-electron chi connectivity index (χ1n) is 7.48. The van der Waals surface area contributed by atoms with Gasteiger partial charge in [-0.3, -0.25) is 0 Å². The lowest BCUT2D eigenvalue weighted by molar-refractivity contribution is 0.0691. The van der Waals surface area contributed by atoms with Crippen molar-refractivity contribution in [2.45, 2.75) is 18.7 Å². The van der Waals surface area contributed by atoms with Gasteiger partial charge in [0.15, 0.2) is 0 Å². The van der Waals surface area contributed by atoms with Gasteiger partial charge in [0.2, 0.25) is 15.9 Å². The van der Waals surface area contributed by atoms with Crippen molar-refractivity contribution in [3.63, 3.8) is 0 Å². The van der Waals surface area contributed by atoms with Gasteiger partial charge in [-0.05, 0) is 19.5 Å². The summed E-state index contributed by atoms with van der Waals surface area (Å²) in [5.41, 5.74) is -0.250. The molecule has 0 amide bonds. The van der Waals surface area contributed by atoms with Gasteiger partial charge in [0.05, 0.1) is 12.8 Å². The van der Waals surface area contributed by atoms with Crippen molar-refractivity contribution in [2.75, 3.05) is 39.3 Å². The fourth-order valence-electron chi connectivity index (χ4n) is 2.41. The number of pyridine rings is 1. The largest absolute Gasteiger partial charge is 0.477 e. The summed E-state index contributed by atoms with van der Waals surface area (Å²) in [6, 6.07) is 1.11. The van der Waals surface area contributed by atoms with Crippen LogP contribution in [0.15, 0.2) is 17.2 Å². The third-order valence-corrected chi connectivity index (χ3v) is 5.62. The standard InChI is InChI=1S/C14H21N3O5S.ClH/c1-3-16-5-7-17(8-6-16)23(20,21)11-9-12(14(18)19)13(15-10-11)22-4-2;/h9-10H,3-8H2,1-2H3,(H,18,19);1H. The van der Waals surface area contributed by atoms with Crippen LogP contribution in [0, 0.1) is 0 Å². The number of ether oxygens (including phenoxy) is 1. The second-order valence-corrected chi connectivity index (χ2v) is 7.04. The van der Waals surface area contributed by atoms with E-state index < -0.39 is 16.0 Å². The minimum absolute atomic E-state index is 0. The lowest BCUT2D eigenvalue weighted by Crippen LogP contribution is -2.48. The normalized spacial score (nSPS) is 16.4. The number of likely N-dealkylation sites (N-methyl/N-ethyl adjacent to an activating group) is 1. The number of carbonyl (C=O) groups is 1. The first kappa shape index (κ1) is 20.6. The van der Waals surface area contributed by atoms with Crippen molar-refractivity contribution in [2.24, 2.45) is 0 Å². The van der Waals surface area contributed by atoms with Crippen LogP contribution in [0.3, 0.4) is 0 Å². The molecule has 1 N–H and O–H groups in total. The van der Waals surface area contributed by atoms with Crippen molar-refractivity contribution in [3.05, 3.63) is 17.8 Å². The van der Waals surface area contributed by atoms with Gasteiger partial charge in [0, 0.05) is 26.2 Å². The van der Waals surface area contributed by atoms with Crippen molar-refractivity contribution in [3.8, 4) is 5.88 Å². The Balaban J connectivity index is 0.00000288. The summed E-state index contributed by atoms with van der Waals surface area (Å²) in [7, 11) is -3.76. The highest BCUT2D eigenvalue weighted by atomic mass is 35.5. The molecule has 10 heteroatoms. The van der Waals surface area contributed by atoms with Crippen molar-refractivity contribution in [1.82, 2.24) is 14.2 Å². The summed E-state index contributed by atoms with van der Waals surface area (Å²) >= 11 is 0. The maximum Gasteiger partial charge on any atom is 0.341 e. The number of carboxylic acids is 1. The van der Waals surface area contributed by atoms with Gasteiger partial charge in [-0.1, -0.05) is 6.92 Å². The molecule has 0 aliphatic carbocycles. The van der Waals surface area contributed by atoms with E-state index >= 15 is 0 Å². The number of halogens is 1. The second kappa shape index (κ2) is 8.61. The van der Waals surface area contributed by atoms with Crippen molar-refractivity contribution < 1.29 is 23.1 Å². The average molecular weight is 380 g/mol. The van der Waals surface area contributed by atoms with Gasteiger partial charge in [0.25, 0.3) is 0 Å². The van der Waals surface area contributed by atoms with E-state index in [0.717, 1.165) is 18.8 Å². The van der Waals surface area contributed by atoms with Crippen LogP contribution in [0.5, 0.6) is 5.88 Å². The Hall–Kier alpha value is -1.42. The number of rotatable bonds is 6. The fraction of sp³-hybridized carbons (Fsp3) is 0.571. The third-order valence-electron chi connectivity index (χ3n) is 3.75. The monoisotopic (exact) mass is 379 g/mol. The first-order chi connectivity index (χ1) is 10.9. The molecule has 0 bridgehead atoms. The summed E-state index contributed by atoms with van der Waals surface area (Å²) in [6.07, 6.45) is 1.15. The molecular weight excluding hydrogens is 358 g/mol. The van der Waals surface area contributed by atoms with Gasteiger partial charge >= 0.3 is 5.97 Å². The van der Waals surface area contributed by atoms with E-state index in [2.05, 4.69) is 9.88 Å². The van der Waals surface area contributed by atoms with E-state index in [-0.39, 0.29) is 35.4 Å². The molecule has 1 aromatic rings. The lowest BCUT2D eigenvalue weighted by Gasteiger charge is -2.33. The Kier molecular flexibility index (Phi) is 7.40. The molecule has 0 spiro atoms. The van der Waals surface area contributed by atoms with Crippen LogP contribution >= 0.6 is 12.4 Å². The lowest BCUT2D eigenvalue weighted by atomic mass is 10.3. The maximum absolute atomic E-state index is 12.7. The van der Waals surface area contributed by atoms with E-state index in [1.165, 1.54) is 4.31 Å². The number of aromatic nitrogens is 1. The van der Waals surface area contributed by atoms with E-state index in [4.69, 9.17) is 4.74 Å². The molecule has 1 aliphatic rings. The van der Waals surface area contributed by atoms with Crippen LogP contribution in [0.25, 0.3) is 0 Å². The SMILES string of the molecule is CCOc1ncc(S(=O)(=O)N2CCN(CC)CC2)cc1C(=O)O.Cl.